The lowest BCUT2D eigenvalue weighted by atomic mass is 9.54. The van der Waals surface area contributed by atoms with Crippen LogP contribution < -0.4 is 0 Å². The summed E-state index contributed by atoms with van der Waals surface area (Å²) in [6, 6.07) is 0. The molecule has 4 aliphatic carbocycles. The molecule has 4 rings (SSSR count). The highest BCUT2D eigenvalue weighted by molar-refractivity contribution is 5.76. The van der Waals surface area contributed by atoms with Crippen molar-refractivity contribution in [2.24, 2.45) is 29.1 Å². The normalized spacial score (nSPS) is 40.3. The molecule has 120 valence electrons. The van der Waals surface area contributed by atoms with Crippen LogP contribution in [-0.2, 0) is 9.53 Å². The van der Waals surface area contributed by atoms with Crippen LogP contribution in [0.2, 0.25) is 0 Å². The Kier molecular flexibility index (Phi) is 3.86. The zero-order valence-electron chi connectivity index (χ0n) is 14.3. The van der Waals surface area contributed by atoms with Crippen LogP contribution in [0.5, 0.6) is 0 Å². The third-order valence-corrected chi connectivity index (χ3v) is 6.42. The molecule has 1 atom stereocenters. The number of ether oxygens (including phenoxy) is 1. The van der Waals surface area contributed by atoms with Crippen molar-refractivity contribution >= 4 is 5.97 Å². The molecule has 0 aromatic heterocycles. The summed E-state index contributed by atoms with van der Waals surface area (Å²) < 4.78 is 6.27. The molecule has 0 saturated heterocycles. The molecule has 4 aliphatic rings. The zero-order chi connectivity index (χ0) is 15.3. The number of carbonyl (C=O) groups excluding carboxylic acids is 1. The molecule has 0 amide bonds. The summed E-state index contributed by atoms with van der Waals surface area (Å²) in [6.07, 6.45) is 9.45. The minimum atomic E-state index is -0.294. The highest BCUT2D eigenvalue weighted by atomic mass is 16.6. The van der Waals surface area contributed by atoms with Crippen LogP contribution in [0.4, 0.5) is 0 Å². The van der Waals surface area contributed by atoms with Crippen LogP contribution in [0.1, 0.15) is 79.1 Å². The van der Waals surface area contributed by atoms with Gasteiger partial charge in [0, 0.05) is 0 Å². The third-order valence-electron chi connectivity index (χ3n) is 6.42. The second kappa shape index (κ2) is 5.28. The molecule has 1 unspecified atom stereocenters. The minimum Gasteiger partial charge on any atom is -0.459 e. The van der Waals surface area contributed by atoms with Crippen LogP contribution in [-0.4, -0.2) is 11.6 Å². The molecule has 0 spiro atoms. The van der Waals surface area contributed by atoms with Crippen LogP contribution in [0.25, 0.3) is 0 Å². The number of carbonyl (C=O) groups is 1. The molecule has 2 nitrogen and oxygen atoms in total. The summed E-state index contributed by atoms with van der Waals surface area (Å²) in [5.41, 5.74) is -0.378. The molecular formula is C19H32O2. The first-order chi connectivity index (χ1) is 9.84. The van der Waals surface area contributed by atoms with Crippen LogP contribution in [0.3, 0.4) is 0 Å². The number of rotatable bonds is 5. The fraction of sp³-hybridized carbons (Fsp3) is 0.947. The van der Waals surface area contributed by atoms with Crippen molar-refractivity contribution in [2.45, 2.75) is 84.7 Å². The van der Waals surface area contributed by atoms with E-state index in [0.29, 0.717) is 5.92 Å². The Morgan fingerprint density at radius 3 is 2.00 bits per heavy atom. The van der Waals surface area contributed by atoms with E-state index in [1.807, 2.05) is 0 Å². The van der Waals surface area contributed by atoms with E-state index in [-0.39, 0.29) is 17.0 Å². The number of hydrogen-bond acceptors (Lipinski definition) is 2. The lowest BCUT2D eigenvalue weighted by molar-refractivity contribution is -0.197. The van der Waals surface area contributed by atoms with Crippen molar-refractivity contribution in [3.8, 4) is 0 Å². The van der Waals surface area contributed by atoms with Gasteiger partial charge in [0.15, 0.2) is 0 Å². The van der Waals surface area contributed by atoms with Gasteiger partial charge in [-0.25, -0.2) is 0 Å². The van der Waals surface area contributed by atoms with E-state index in [1.165, 1.54) is 19.3 Å². The van der Waals surface area contributed by atoms with Crippen molar-refractivity contribution in [3.05, 3.63) is 0 Å². The van der Waals surface area contributed by atoms with Gasteiger partial charge in [-0.15, -0.1) is 0 Å². The smallest absolute Gasteiger partial charge is 0.312 e. The van der Waals surface area contributed by atoms with Gasteiger partial charge in [0.05, 0.1) is 5.41 Å². The quantitative estimate of drug-likeness (QED) is 0.669. The van der Waals surface area contributed by atoms with Crippen LogP contribution >= 0.6 is 0 Å². The monoisotopic (exact) mass is 292 g/mol. The Hall–Kier alpha value is -0.530. The van der Waals surface area contributed by atoms with E-state index in [9.17, 15) is 4.79 Å². The molecule has 4 saturated carbocycles. The van der Waals surface area contributed by atoms with Crippen molar-refractivity contribution < 1.29 is 9.53 Å². The zero-order valence-corrected chi connectivity index (χ0v) is 14.3. The average Bonchev–Trinajstić information content (AvgIpc) is 2.35. The van der Waals surface area contributed by atoms with Gasteiger partial charge >= 0.3 is 5.97 Å². The topological polar surface area (TPSA) is 26.3 Å². The van der Waals surface area contributed by atoms with Gasteiger partial charge in [-0.3, -0.25) is 4.79 Å². The average molecular weight is 292 g/mol. The fourth-order valence-corrected chi connectivity index (χ4v) is 5.75. The molecule has 0 N–H and O–H groups in total. The standard InChI is InChI=1S/C19H32O2/c1-5-18(4,9-13(2)3)17(20)21-19-10-14-6-15(11-19)8-16(7-14)12-19/h13-16H,5-12H2,1-4H3. The molecule has 21 heavy (non-hydrogen) atoms. The molecule has 2 heteroatoms. The van der Waals surface area contributed by atoms with E-state index in [2.05, 4.69) is 27.7 Å². The Bertz CT molecular complexity index is 377. The summed E-state index contributed by atoms with van der Waals surface area (Å²) in [7, 11) is 0. The van der Waals surface area contributed by atoms with Gasteiger partial charge in [-0.05, 0) is 82.0 Å². The summed E-state index contributed by atoms with van der Waals surface area (Å²) in [5, 5.41) is 0. The number of esters is 1. The maximum absolute atomic E-state index is 12.9. The van der Waals surface area contributed by atoms with E-state index >= 15 is 0 Å². The maximum atomic E-state index is 12.9. The molecule has 0 aromatic rings. The van der Waals surface area contributed by atoms with E-state index in [0.717, 1.165) is 49.9 Å². The van der Waals surface area contributed by atoms with E-state index in [4.69, 9.17) is 4.74 Å². The molecule has 0 radical (unpaired) electrons. The Labute approximate surface area is 130 Å². The van der Waals surface area contributed by atoms with Gasteiger partial charge in [-0.2, -0.15) is 0 Å². The SMILES string of the molecule is CCC(C)(CC(C)C)C(=O)OC12CC3CC(CC(C3)C1)C2. The van der Waals surface area contributed by atoms with Crippen molar-refractivity contribution in [2.75, 3.05) is 0 Å². The molecule has 4 bridgehead atoms. The van der Waals surface area contributed by atoms with Crippen molar-refractivity contribution in [1.29, 1.82) is 0 Å². The van der Waals surface area contributed by atoms with Gasteiger partial charge in [0.1, 0.15) is 5.60 Å². The van der Waals surface area contributed by atoms with Gasteiger partial charge in [0.25, 0.3) is 0 Å². The summed E-state index contributed by atoms with van der Waals surface area (Å²) in [6.45, 7) is 8.64. The predicted molar refractivity (Wildman–Crippen MR) is 84.8 cm³/mol. The molecular weight excluding hydrogens is 260 g/mol. The highest BCUT2D eigenvalue weighted by Gasteiger charge is 2.54. The molecule has 0 heterocycles. The first-order valence-corrected chi connectivity index (χ1v) is 9.07. The first-order valence-electron chi connectivity index (χ1n) is 9.07. The van der Waals surface area contributed by atoms with Gasteiger partial charge in [-0.1, -0.05) is 20.8 Å². The van der Waals surface area contributed by atoms with Crippen LogP contribution in [0, 0.1) is 29.1 Å². The maximum Gasteiger partial charge on any atom is 0.312 e. The third kappa shape index (κ3) is 2.87. The second-order valence-corrected chi connectivity index (χ2v) is 9.00. The lowest BCUT2D eigenvalue weighted by Gasteiger charge is -2.56. The predicted octanol–water partition coefficient (Wildman–Crippen LogP) is 4.96. The molecule has 0 aliphatic heterocycles. The fourth-order valence-electron chi connectivity index (χ4n) is 5.75. The van der Waals surface area contributed by atoms with E-state index in [1.54, 1.807) is 0 Å². The second-order valence-electron chi connectivity index (χ2n) is 9.00. The van der Waals surface area contributed by atoms with Crippen molar-refractivity contribution in [1.82, 2.24) is 0 Å². The summed E-state index contributed by atoms with van der Waals surface area (Å²) in [5.74, 6) is 3.13. The van der Waals surface area contributed by atoms with Crippen molar-refractivity contribution in [3.63, 3.8) is 0 Å². The van der Waals surface area contributed by atoms with E-state index < -0.39 is 0 Å². The number of hydrogen-bond donors (Lipinski definition) is 0. The Morgan fingerprint density at radius 1 is 1.14 bits per heavy atom. The van der Waals surface area contributed by atoms with Gasteiger partial charge in [0.2, 0.25) is 0 Å². The highest BCUT2D eigenvalue weighted by Crippen LogP contribution is 2.57. The summed E-state index contributed by atoms with van der Waals surface area (Å²) >= 11 is 0. The molecule has 0 aromatic carbocycles. The lowest BCUT2D eigenvalue weighted by Crippen LogP contribution is -2.54. The molecule has 4 fully saturated rings. The largest absolute Gasteiger partial charge is 0.459 e. The first kappa shape index (κ1) is 15.4. The minimum absolute atomic E-state index is 0.0839. The summed E-state index contributed by atoms with van der Waals surface area (Å²) in [4.78, 5) is 12.9. The van der Waals surface area contributed by atoms with Crippen LogP contribution in [0.15, 0.2) is 0 Å². The Balaban J connectivity index is 1.72. The van der Waals surface area contributed by atoms with Gasteiger partial charge < -0.3 is 4.74 Å². The Morgan fingerprint density at radius 2 is 1.62 bits per heavy atom.